The van der Waals surface area contributed by atoms with Gasteiger partial charge in [-0.25, -0.2) is 8.78 Å². The fraction of sp³-hybridized carbons (Fsp3) is 0.154. The minimum Gasteiger partial charge on any atom is -0.324 e. The second-order valence-corrected chi connectivity index (χ2v) is 4.39. The second kappa shape index (κ2) is 5.42. The number of pyridine rings is 1. The molecule has 1 heterocycles. The van der Waals surface area contributed by atoms with E-state index in [-0.39, 0.29) is 0 Å². The van der Waals surface area contributed by atoms with Crippen molar-refractivity contribution in [1.29, 1.82) is 0 Å². The van der Waals surface area contributed by atoms with E-state index in [9.17, 15) is 8.78 Å². The van der Waals surface area contributed by atoms with Gasteiger partial charge >= 0.3 is 0 Å². The first-order valence-corrected chi connectivity index (χ1v) is 5.74. The lowest BCUT2D eigenvalue weighted by Crippen LogP contribution is -2.14. The zero-order valence-corrected chi connectivity index (χ0v) is 10.2. The second-order valence-electron chi connectivity index (χ2n) is 3.99. The standard InChI is InChI=1S/C13H11ClF2N2/c14-12-7-18-2-1-11(12)13(17)5-8-3-9(15)6-10(16)4-8/h1-4,6-7,13H,5,17H2. The fourth-order valence-electron chi connectivity index (χ4n) is 1.78. The molecule has 1 aromatic heterocycles. The Hall–Kier alpha value is -1.52. The number of rotatable bonds is 3. The Morgan fingerprint density at radius 2 is 1.89 bits per heavy atom. The molecule has 2 nitrogen and oxygen atoms in total. The number of benzene rings is 1. The predicted octanol–water partition coefficient (Wildman–Crippen LogP) is 3.26. The van der Waals surface area contributed by atoms with Crippen molar-refractivity contribution in [1.82, 2.24) is 4.98 Å². The van der Waals surface area contributed by atoms with Crippen LogP contribution in [0.15, 0.2) is 36.7 Å². The van der Waals surface area contributed by atoms with Gasteiger partial charge in [-0.3, -0.25) is 4.98 Å². The summed E-state index contributed by atoms with van der Waals surface area (Å²) in [5, 5.41) is 0.446. The number of hydrogen-bond donors (Lipinski definition) is 1. The Morgan fingerprint density at radius 1 is 1.22 bits per heavy atom. The lowest BCUT2D eigenvalue weighted by atomic mass is 10.0. The van der Waals surface area contributed by atoms with Crippen LogP contribution in [0.2, 0.25) is 5.02 Å². The molecule has 0 aliphatic carbocycles. The van der Waals surface area contributed by atoms with Crippen molar-refractivity contribution >= 4 is 11.6 Å². The quantitative estimate of drug-likeness (QED) is 0.928. The van der Waals surface area contributed by atoms with E-state index in [4.69, 9.17) is 17.3 Å². The summed E-state index contributed by atoms with van der Waals surface area (Å²) in [4.78, 5) is 3.86. The highest BCUT2D eigenvalue weighted by molar-refractivity contribution is 6.31. The van der Waals surface area contributed by atoms with Crippen molar-refractivity contribution in [3.8, 4) is 0 Å². The fourth-order valence-corrected chi connectivity index (χ4v) is 2.04. The summed E-state index contributed by atoms with van der Waals surface area (Å²) in [6.45, 7) is 0. The Kier molecular flexibility index (Phi) is 3.89. The van der Waals surface area contributed by atoms with Crippen molar-refractivity contribution in [3.05, 3.63) is 64.4 Å². The number of aromatic nitrogens is 1. The van der Waals surface area contributed by atoms with Gasteiger partial charge in [0, 0.05) is 24.5 Å². The summed E-state index contributed by atoms with van der Waals surface area (Å²) < 4.78 is 26.1. The smallest absolute Gasteiger partial charge is 0.126 e. The van der Waals surface area contributed by atoms with Gasteiger partial charge in [0.1, 0.15) is 11.6 Å². The molecule has 18 heavy (non-hydrogen) atoms. The average molecular weight is 269 g/mol. The monoisotopic (exact) mass is 268 g/mol. The van der Waals surface area contributed by atoms with Crippen LogP contribution in [0.1, 0.15) is 17.2 Å². The van der Waals surface area contributed by atoms with Gasteiger partial charge in [0.15, 0.2) is 0 Å². The van der Waals surface area contributed by atoms with Gasteiger partial charge in [-0.15, -0.1) is 0 Å². The van der Waals surface area contributed by atoms with Gasteiger partial charge in [-0.05, 0) is 35.7 Å². The predicted molar refractivity (Wildman–Crippen MR) is 66.2 cm³/mol. The number of halogens is 3. The van der Waals surface area contributed by atoms with Gasteiger partial charge in [-0.2, -0.15) is 0 Å². The van der Waals surface area contributed by atoms with Gasteiger partial charge < -0.3 is 5.73 Å². The van der Waals surface area contributed by atoms with Crippen LogP contribution in [0.4, 0.5) is 8.78 Å². The third-order valence-electron chi connectivity index (χ3n) is 2.58. The van der Waals surface area contributed by atoms with Crippen molar-refractivity contribution in [2.45, 2.75) is 12.5 Å². The van der Waals surface area contributed by atoms with Crippen LogP contribution < -0.4 is 5.73 Å². The molecule has 94 valence electrons. The zero-order valence-electron chi connectivity index (χ0n) is 9.41. The average Bonchev–Trinajstić information content (AvgIpc) is 2.27. The third kappa shape index (κ3) is 3.03. The van der Waals surface area contributed by atoms with Crippen molar-refractivity contribution in [2.24, 2.45) is 5.73 Å². The molecule has 0 bridgehead atoms. The normalized spacial score (nSPS) is 12.4. The molecule has 5 heteroatoms. The molecule has 0 amide bonds. The summed E-state index contributed by atoms with van der Waals surface area (Å²) in [5.41, 5.74) is 7.17. The van der Waals surface area contributed by atoms with Crippen LogP contribution in [0.25, 0.3) is 0 Å². The van der Waals surface area contributed by atoms with Crippen molar-refractivity contribution in [3.63, 3.8) is 0 Å². The molecular formula is C13H11ClF2N2. The molecule has 1 aromatic carbocycles. The van der Waals surface area contributed by atoms with Gasteiger partial charge in [0.25, 0.3) is 0 Å². The first kappa shape index (κ1) is 12.9. The summed E-state index contributed by atoms with van der Waals surface area (Å²) in [6.07, 6.45) is 3.37. The van der Waals surface area contributed by atoms with E-state index in [2.05, 4.69) is 4.98 Å². The molecule has 0 saturated carbocycles. The van der Waals surface area contributed by atoms with Crippen LogP contribution in [0, 0.1) is 11.6 Å². The van der Waals surface area contributed by atoms with Crippen molar-refractivity contribution < 1.29 is 8.78 Å². The van der Waals surface area contributed by atoms with E-state index >= 15 is 0 Å². The molecule has 0 spiro atoms. The van der Waals surface area contributed by atoms with E-state index in [1.807, 2.05) is 0 Å². The molecule has 0 aliphatic rings. The molecule has 0 fully saturated rings. The maximum Gasteiger partial charge on any atom is 0.126 e. The number of nitrogens with two attached hydrogens (primary N) is 1. The zero-order chi connectivity index (χ0) is 13.1. The van der Waals surface area contributed by atoms with E-state index in [1.165, 1.54) is 18.3 Å². The Labute approximate surface area is 108 Å². The highest BCUT2D eigenvalue weighted by Gasteiger charge is 2.12. The summed E-state index contributed by atoms with van der Waals surface area (Å²) >= 11 is 5.96. The molecule has 1 unspecified atom stereocenters. The van der Waals surface area contributed by atoms with Gasteiger partial charge in [-0.1, -0.05) is 11.6 Å². The molecule has 0 radical (unpaired) electrons. The number of hydrogen-bond acceptors (Lipinski definition) is 2. The largest absolute Gasteiger partial charge is 0.324 e. The molecule has 0 aliphatic heterocycles. The molecule has 2 aromatic rings. The topological polar surface area (TPSA) is 38.9 Å². The maximum atomic E-state index is 13.0. The number of nitrogens with zero attached hydrogens (tertiary/aromatic N) is 1. The lowest BCUT2D eigenvalue weighted by Gasteiger charge is -2.13. The molecule has 2 rings (SSSR count). The Balaban J connectivity index is 2.21. The van der Waals surface area contributed by atoms with E-state index in [1.54, 1.807) is 12.3 Å². The highest BCUT2D eigenvalue weighted by atomic mass is 35.5. The van der Waals surface area contributed by atoms with Crippen LogP contribution in [0.3, 0.4) is 0 Å². The van der Waals surface area contributed by atoms with Crippen LogP contribution in [0.5, 0.6) is 0 Å². The van der Waals surface area contributed by atoms with E-state index < -0.39 is 17.7 Å². The van der Waals surface area contributed by atoms with E-state index in [0.29, 0.717) is 22.6 Å². The van der Waals surface area contributed by atoms with Gasteiger partial charge in [0.05, 0.1) is 5.02 Å². The van der Waals surface area contributed by atoms with Crippen LogP contribution in [-0.2, 0) is 6.42 Å². The first-order chi connectivity index (χ1) is 8.56. The minimum atomic E-state index is -0.613. The van der Waals surface area contributed by atoms with Crippen LogP contribution in [-0.4, -0.2) is 4.98 Å². The summed E-state index contributed by atoms with van der Waals surface area (Å²) in [6, 6.07) is 4.62. The first-order valence-electron chi connectivity index (χ1n) is 5.36. The third-order valence-corrected chi connectivity index (χ3v) is 2.90. The molecule has 0 saturated heterocycles. The summed E-state index contributed by atoms with van der Waals surface area (Å²) in [7, 11) is 0. The van der Waals surface area contributed by atoms with Gasteiger partial charge in [0.2, 0.25) is 0 Å². The Morgan fingerprint density at radius 3 is 2.50 bits per heavy atom. The SMILES string of the molecule is NC(Cc1cc(F)cc(F)c1)c1ccncc1Cl. The lowest BCUT2D eigenvalue weighted by molar-refractivity contribution is 0.576. The van der Waals surface area contributed by atoms with Crippen LogP contribution >= 0.6 is 11.6 Å². The van der Waals surface area contributed by atoms with E-state index in [0.717, 1.165) is 6.07 Å². The highest BCUT2D eigenvalue weighted by Crippen LogP contribution is 2.23. The Bertz CT molecular complexity index is 540. The molecule has 1 atom stereocenters. The van der Waals surface area contributed by atoms with Crippen molar-refractivity contribution in [2.75, 3.05) is 0 Å². The molecule has 2 N–H and O–H groups in total. The maximum absolute atomic E-state index is 13.0. The minimum absolute atomic E-state index is 0.304. The summed E-state index contributed by atoms with van der Waals surface area (Å²) in [5.74, 6) is -1.23. The molecular weight excluding hydrogens is 258 g/mol.